The Morgan fingerprint density at radius 1 is 1.04 bits per heavy atom. The molecule has 2 rings (SSSR count). The van der Waals surface area contributed by atoms with Crippen LogP contribution < -0.4 is 20.8 Å². The first kappa shape index (κ1) is 19.3. The van der Waals surface area contributed by atoms with E-state index in [4.69, 9.17) is 19.6 Å². The summed E-state index contributed by atoms with van der Waals surface area (Å²) in [7, 11) is 0. The van der Waals surface area contributed by atoms with Crippen LogP contribution in [-0.2, 0) is 6.42 Å². The molecule has 1 aromatic carbocycles. The van der Waals surface area contributed by atoms with Gasteiger partial charge in [0.1, 0.15) is 11.5 Å². The number of rotatable bonds is 7. The maximum absolute atomic E-state index is 12.1. The number of hydrogen-bond acceptors (Lipinski definition) is 5. The largest absolute Gasteiger partial charge is 0.490 e. The standard InChI is InChI=1S/C20H29NO4/c1-7-8-14-9-17(22)25-20-18(13(6)21)15(23-11(2)3)10-16(19(14)20)24-12(4)5/h9-13H,7-8,21H2,1-6H3. The molecule has 0 radical (unpaired) electrons. The molecule has 0 fully saturated rings. The molecule has 25 heavy (non-hydrogen) atoms. The van der Waals surface area contributed by atoms with E-state index < -0.39 is 0 Å². The summed E-state index contributed by atoms with van der Waals surface area (Å²) in [6.45, 7) is 11.8. The van der Waals surface area contributed by atoms with Crippen LogP contribution in [0, 0.1) is 0 Å². The van der Waals surface area contributed by atoms with Gasteiger partial charge in [-0.15, -0.1) is 0 Å². The van der Waals surface area contributed by atoms with E-state index >= 15 is 0 Å². The molecule has 5 heteroatoms. The fourth-order valence-electron chi connectivity index (χ4n) is 2.98. The van der Waals surface area contributed by atoms with E-state index in [0.717, 1.165) is 23.8 Å². The number of ether oxygens (including phenoxy) is 2. The van der Waals surface area contributed by atoms with Gasteiger partial charge in [0.05, 0.1) is 23.2 Å². The quantitative estimate of drug-likeness (QED) is 0.754. The number of benzene rings is 1. The second-order valence-electron chi connectivity index (χ2n) is 6.95. The monoisotopic (exact) mass is 347 g/mol. The third-order valence-electron chi connectivity index (χ3n) is 3.76. The summed E-state index contributed by atoms with van der Waals surface area (Å²) in [4.78, 5) is 12.1. The first-order valence-corrected chi connectivity index (χ1v) is 8.97. The van der Waals surface area contributed by atoms with Crippen LogP contribution in [0.4, 0.5) is 0 Å². The van der Waals surface area contributed by atoms with Crippen molar-refractivity contribution < 1.29 is 13.9 Å². The Kier molecular flexibility index (Phi) is 6.11. The van der Waals surface area contributed by atoms with Crippen molar-refractivity contribution in [2.75, 3.05) is 0 Å². The molecule has 2 aromatic rings. The van der Waals surface area contributed by atoms with Gasteiger partial charge in [-0.05, 0) is 46.6 Å². The summed E-state index contributed by atoms with van der Waals surface area (Å²) < 4.78 is 17.6. The molecule has 0 aliphatic heterocycles. The minimum atomic E-state index is -0.380. The lowest BCUT2D eigenvalue weighted by atomic mass is 9.98. The van der Waals surface area contributed by atoms with Gasteiger partial charge in [-0.1, -0.05) is 13.3 Å². The fourth-order valence-corrected chi connectivity index (χ4v) is 2.98. The molecule has 0 bridgehead atoms. The van der Waals surface area contributed by atoms with Gasteiger partial charge < -0.3 is 19.6 Å². The van der Waals surface area contributed by atoms with Crippen LogP contribution in [0.1, 0.15) is 65.1 Å². The first-order chi connectivity index (χ1) is 11.7. The Labute approximate surface area is 149 Å². The molecular formula is C20H29NO4. The van der Waals surface area contributed by atoms with E-state index in [1.807, 2.05) is 40.7 Å². The number of fused-ring (bicyclic) bond motifs is 1. The van der Waals surface area contributed by atoms with Crippen molar-refractivity contribution in [1.82, 2.24) is 0 Å². The summed E-state index contributed by atoms with van der Waals surface area (Å²) in [5, 5.41) is 0.818. The van der Waals surface area contributed by atoms with Crippen molar-refractivity contribution in [2.45, 2.75) is 72.6 Å². The van der Waals surface area contributed by atoms with Crippen molar-refractivity contribution in [1.29, 1.82) is 0 Å². The predicted molar refractivity (Wildman–Crippen MR) is 101 cm³/mol. The van der Waals surface area contributed by atoms with Crippen molar-refractivity contribution in [3.05, 3.63) is 33.7 Å². The molecule has 1 heterocycles. The van der Waals surface area contributed by atoms with Crippen molar-refractivity contribution >= 4 is 11.0 Å². The van der Waals surface area contributed by atoms with Crippen LogP contribution in [0.15, 0.2) is 21.3 Å². The van der Waals surface area contributed by atoms with Crippen LogP contribution in [0.25, 0.3) is 11.0 Å². The average Bonchev–Trinajstić information content (AvgIpc) is 2.44. The topological polar surface area (TPSA) is 74.7 Å². The highest BCUT2D eigenvalue weighted by Crippen LogP contribution is 2.40. The normalized spacial score (nSPS) is 12.8. The van der Waals surface area contributed by atoms with Crippen LogP contribution in [0.2, 0.25) is 0 Å². The molecular weight excluding hydrogens is 318 g/mol. The Morgan fingerprint density at radius 2 is 1.64 bits per heavy atom. The molecule has 138 valence electrons. The minimum Gasteiger partial charge on any atom is -0.490 e. The molecule has 0 spiro atoms. The molecule has 0 aliphatic carbocycles. The smallest absolute Gasteiger partial charge is 0.336 e. The predicted octanol–water partition coefficient (Wildman–Crippen LogP) is 4.34. The molecule has 0 aliphatic rings. The summed E-state index contributed by atoms with van der Waals surface area (Å²) >= 11 is 0. The molecule has 5 nitrogen and oxygen atoms in total. The van der Waals surface area contributed by atoms with Gasteiger partial charge in [0.2, 0.25) is 0 Å². The molecule has 1 unspecified atom stereocenters. The summed E-state index contributed by atoms with van der Waals surface area (Å²) in [5.41, 5.74) is 7.91. The number of nitrogens with two attached hydrogens (primary N) is 1. The Balaban J connectivity index is 2.91. The van der Waals surface area contributed by atoms with Gasteiger partial charge in [-0.25, -0.2) is 4.79 Å². The zero-order valence-electron chi connectivity index (χ0n) is 16.0. The highest BCUT2D eigenvalue weighted by Gasteiger charge is 2.23. The lowest BCUT2D eigenvalue weighted by Gasteiger charge is -2.22. The molecule has 1 aromatic heterocycles. The maximum Gasteiger partial charge on any atom is 0.336 e. The first-order valence-electron chi connectivity index (χ1n) is 8.97. The third kappa shape index (κ3) is 4.34. The van der Waals surface area contributed by atoms with E-state index in [2.05, 4.69) is 6.92 Å². The highest BCUT2D eigenvalue weighted by molar-refractivity contribution is 5.91. The van der Waals surface area contributed by atoms with E-state index in [9.17, 15) is 4.79 Å². The van der Waals surface area contributed by atoms with Crippen molar-refractivity contribution in [3.8, 4) is 11.5 Å². The molecule has 0 saturated heterocycles. The van der Waals surface area contributed by atoms with Crippen LogP contribution in [0.3, 0.4) is 0 Å². The Hall–Kier alpha value is -2.01. The van der Waals surface area contributed by atoms with Crippen LogP contribution in [0.5, 0.6) is 11.5 Å². The molecule has 0 saturated carbocycles. The summed E-state index contributed by atoms with van der Waals surface area (Å²) in [6.07, 6.45) is 1.63. The average molecular weight is 347 g/mol. The third-order valence-corrected chi connectivity index (χ3v) is 3.76. The van der Waals surface area contributed by atoms with Crippen molar-refractivity contribution in [2.24, 2.45) is 5.73 Å². The summed E-state index contributed by atoms with van der Waals surface area (Å²) in [6, 6.07) is 3.08. The summed E-state index contributed by atoms with van der Waals surface area (Å²) in [5.74, 6) is 1.27. The number of hydrogen-bond donors (Lipinski definition) is 1. The maximum atomic E-state index is 12.1. The second-order valence-corrected chi connectivity index (χ2v) is 6.95. The van der Waals surface area contributed by atoms with Crippen molar-refractivity contribution in [3.63, 3.8) is 0 Å². The van der Waals surface area contributed by atoms with Gasteiger partial charge in [0.15, 0.2) is 5.58 Å². The minimum absolute atomic E-state index is 0.0161. The molecule has 0 amide bonds. The molecule has 2 N–H and O–H groups in total. The van der Waals surface area contributed by atoms with E-state index in [0.29, 0.717) is 22.6 Å². The van der Waals surface area contributed by atoms with Crippen LogP contribution in [-0.4, -0.2) is 12.2 Å². The fraction of sp³-hybridized carbons (Fsp3) is 0.550. The van der Waals surface area contributed by atoms with Gasteiger partial charge in [-0.3, -0.25) is 0 Å². The highest BCUT2D eigenvalue weighted by atomic mass is 16.5. The van der Waals surface area contributed by atoms with E-state index in [1.54, 1.807) is 6.07 Å². The van der Waals surface area contributed by atoms with Crippen LogP contribution >= 0.6 is 0 Å². The van der Waals surface area contributed by atoms with Gasteiger partial charge in [-0.2, -0.15) is 0 Å². The van der Waals surface area contributed by atoms with E-state index in [1.165, 1.54) is 0 Å². The second kappa shape index (κ2) is 7.91. The van der Waals surface area contributed by atoms with Gasteiger partial charge in [0, 0.05) is 18.2 Å². The van der Waals surface area contributed by atoms with Gasteiger partial charge >= 0.3 is 5.63 Å². The Bertz CT molecular complexity index is 790. The zero-order chi connectivity index (χ0) is 18.7. The molecule has 1 atom stereocenters. The number of aryl methyl sites for hydroxylation is 1. The Morgan fingerprint density at radius 3 is 2.16 bits per heavy atom. The van der Waals surface area contributed by atoms with Gasteiger partial charge in [0.25, 0.3) is 0 Å². The lowest BCUT2D eigenvalue weighted by molar-refractivity contribution is 0.228. The van der Waals surface area contributed by atoms with E-state index in [-0.39, 0.29) is 23.9 Å². The zero-order valence-corrected chi connectivity index (χ0v) is 16.0. The SMILES string of the molecule is CCCc1cc(=O)oc2c(C(C)N)c(OC(C)C)cc(OC(C)C)c12. The lowest BCUT2D eigenvalue weighted by Crippen LogP contribution is -2.15.